The van der Waals surface area contributed by atoms with Gasteiger partial charge >= 0.3 is 6.03 Å². The number of ether oxygens (including phenoxy) is 1. The third-order valence-electron chi connectivity index (χ3n) is 3.07. The molecule has 2 aromatic rings. The molecule has 0 fully saturated rings. The average molecular weight is 340 g/mol. The number of hydrogen-bond donors (Lipinski definition) is 2. The first-order valence-electron chi connectivity index (χ1n) is 6.79. The zero-order valence-electron chi connectivity index (χ0n) is 12.4. The fraction of sp³-hybridized carbons (Fsp3) is 0.333. The van der Waals surface area contributed by atoms with E-state index >= 15 is 0 Å². The molecule has 0 radical (unpaired) electrons. The van der Waals surface area contributed by atoms with E-state index in [0.29, 0.717) is 18.1 Å². The number of rotatable bonds is 6. The molecule has 2 N–H and O–H groups in total. The van der Waals surface area contributed by atoms with E-state index < -0.39 is 0 Å². The van der Waals surface area contributed by atoms with Gasteiger partial charge in [0, 0.05) is 29.8 Å². The van der Waals surface area contributed by atoms with Crippen molar-refractivity contribution in [1.29, 1.82) is 0 Å². The highest BCUT2D eigenvalue weighted by atomic mass is 35.5. The Hall–Kier alpha value is -1.63. The summed E-state index contributed by atoms with van der Waals surface area (Å²) in [5.41, 5.74) is 0.963. The number of benzene rings is 1. The Morgan fingerprint density at radius 3 is 2.68 bits per heavy atom. The van der Waals surface area contributed by atoms with Gasteiger partial charge in [-0.05, 0) is 24.6 Å². The van der Waals surface area contributed by atoms with Crippen LogP contribution in [0.1, 0.15) is 21.6 Å². The molecule has 1 aromatic carbocycles. The summed E-state index contributed by atoms with van der Waals surface area (Å²) < 4.78 is 5.40. The SMILES string of the molecule is CO[C@@H](CNC(=O)NCc1cnc(C)s1)c1ccc(Cl)cc1. The molecule has 2 rings (SSSR count). The predicted molar refractivity (Wildman–Crippen MR) is 88.3 cm³/mol. The number of hydrogen-bond acceptors (Lipinski definition) is 4. The molecule has 22 heavy (non-hydrogen) atoms. The Labute approximate surface area is 138 Å². The number of aryl methyl sites for hydroxylation is 1. The average Bonchev–Trinajstić information content (AvgIpc) is 2.93. The second-order valence-corrected chi connectivity index (χ2v) is 6.44. The molecule has 2 amide bonds. The smallest absolute Gasteiger partial charge is 0.315 e. The fourth-order valence-corrected chi connectivity index (χ4v) is 2.78. The van der Waals surface area contributed by atoms with E-state index in [4.69, 9.17) is 16.3 Å². The maximum atomic E-state index is 11.8. The lowest BCUT2D eigenvalue weighted by Crippen LogP contribution is -2.37. The van der Waals surface area contributed by atoms with Gasteiger partial charge in [0.25, 0.3) is 0 Å². The zero-order chi connectivity index (χ0) is 15.9. The van der Waals surface area contributed by atoms with Crippen molar-refractivity contribution in [3.8, 4) is 0 Å². The molecule has 0 spiro atoms. The number of urea groups is 1. The van der Waals surface area contributed by atoms with E-state index in [1.165, 1.54) is 0 Å². The number of aromatic nitrogens is 1. The minimum atomic E-state index is -0.234. The fourth-order valence-electron chi connectivity index (χ4n) is 1.92. The van der Waals surface area contributed by atoms with E-state index in [-0.39, 0.29) is 12.1 Å². The van der Waals surface area contributed by atoms with Crippen LogP contribution < -0.4 is 10.6 Å². The first kappa shape index (κ1) is 16.7. The van der Waals surface area contributed by atoms with Gasteiger partial charge in [-0.3, -0.25) is 0 Å². The van der Waals surface area contributed by atoms with Gasteiger partial charge in [-0.1, -0.05) is 23.7 Å². The summed E-state index contributed by atoms with van der Waals surface area (Å²) in [6.07, 6.45) is 1.56. The van der Waals surface area contributed by atoms with Crippen LogP contribution in [-0.2, 0) is 11.3 Å². The number of halogens is 1. The Morgan fingerprint density at radius 2 is 2.09 bits per heavy atom. The van der Waals surface area contributed by atoms with Gasteiger partial charge in [0.15, 0.2) is 0 Å². The molecule has 0 aliphatic heterocycles. The maximum Gasteiger partial charge on any atom is 0.315 e. The van der Waals surface area contributed by atoms with Crippen LogP contribution >= 0.6 is 22.9 Å². The van der Waals surface area contributed by atoms with Crippen molar-refractivity contribution < 1.29 is 9.53 Å². The zero-order valence-corrected chi connectivity index (χ0v) is 14.0. The molecule has 5 nitrogen and oxygen atoms in total. The van der Waals surface area contributed by atoms with Gasteiger partial charge in [0.05, 0.1) is 17.7 Å². The summed E-state index contributed by atoms with van der Waals surface area (Å²) in [7, 11) is 1.61. The quantitative estimate of drug-likeness (QED) is 0.848. The van der Waals surface area contributed by atoms with Crippen molar-refractivity contribution >= 4 is 29.0 Å². The highest BCUT2D eigenvalue weighted by Crippen LogP contribution is 2.18. The lowest BCUT2D eigenvalue weighted by atomic mass is 10.1. The lowest BCUT2D eigenvalue weighted by molar-refractivity contribution is 0.104. The van der Waals surface area contributed by atoms with Crippen molar-refractivity contribution in [2.75, 3.05) is 13.7 Å². The highest BCUT2D eigenvalue weighted by molar-refractivity contribution is 7.11. The molecule has 0 aliphatic carbocycles. The summed E-state index contributed by atoms with van der Waals surface area (Å²) in [6.45, 7) is 2.78. The minimum absolute atomic E-state index is 0.214. The number of methoxy groups -OCH3 is 1. The standard InChI is InChI=1S/C15H18ClN3O2S/c1-10-17-7-13(22-10)8-18-15(20)19-9-14(21-2)11-3-5-12(16)6-4-11/h3-7,14H,8-9H2,1-2H3,(H2,18,19,20)/t14-/m0/s1. The molecular formula is C15H18ClN3O2S. The van der Waals surface area contributed by atoms with Gasteiger partial charge in [-0.2, -0.15) is 0 Å². The predicted octanol–water partition coefficient (Wildman–Crippen LogP) is 3.29. The molecule has 0 aliphatic rings. The molecule has 0 saturated carbocycles. The molecular weight excluding hydrogens is 322 g/mol. The number of carbonyl (C=O) groups is 1. The Morgan fingerprint density at radius 1 is 1.36 bits per heavy atom. The third kappa shape index (κ3) is 4.98. The summed E-state index contributed by atoms with van der Waals surface area (Å²) >= 11 is 7.43. The highest BCUT2D eigenvalue weighted by Gasteiger charge is 2.12. The van der Waals surface area contributed by atoms with Crippen LogP contribution in [0.5, 0.6) is 0 Å². The summed E-state index contributed by atoms with van der Waals surface area (Å²) in [5.74, 6) is 0. The monoisotopic (exact) mass is 339 g/mol. The number of carbonyl (C=O) groups excluding carboxylic acids is 1. The summed E-state index contributed by atoms with van der Waals surface area (Å²) in [5, 5.41) is 7.25. The molecule has 0 bridgehead atoms. The van der Waals surface area contributed by atoms with Gasteiger partial charge < -0.3 is 15.4 Å². The van der Waals surface area contributed by atoms with E-state index in [9.17, 15) is 4.79 Å². The van der Waals surface area contributed by atoms with Crippen molar-refractivity contribution in [3.05, 3.63) is 50.9 Å². The van der Waals surface area contributed by atoms with Crippen molar-refractivity contribution in [3.63, 3.8) is 0 Å². The van der Waals surface area contributed by atoms with Crippen LogP contribution in [0.25, 0.3) is 0 Å². The number of nitrogens with zero attached hydrogens (tertiary/aromatic N) is 1. The van der Waals surface area contributed by atoms with Crippen molar-refractivity contribution in [1.82, 2.24) is 15.6 Å². The van der Waals surface area contributed by atoms with Crippen LogP contribution in [0.15, 0.2) is 30.5 Å². The van der Waals surface area contributed by atoms with Gasteiger partial charge in [-0.15, -0.1) is 11.3 Å². The number of amides is 2. The Balaban J connectivity index is 1.79. The second kappa shape index (κ2) is 8.12. The minimum Gasteiger partial charge on any atom is -0.375 e. The molecule has 1 aromatic heterocycles. The Bertz CT molecular complexity index is 616. The summed E-state index contributed by atoms with van der Waals surface area (Å²) in [6, 6.07) is 7.14. The van der Waals surface area contributed by atoms with Gasteiger partial charge in [0.2, 0.25) is 0 Å². The van der Waals surface area contributed by atoms with Crippen LogP contribution in [0.2, 0.25) is 5.02 Å². The summed E-state index contributed by atoms with van der Waals surface area (Å²) in [4.78, 5) is 17.0. The molecule has 1 heterocycles. The number of thiazole rings is 1. The topological polar surface area (TPSA) is 63.2 Å². The first-order valence-corrected chi connectivity index (χ1v) is 7.99. The third-order valence-corrected chi connectivity index (χ3v) is 4.23. The normalized spacial score (nSPS) is 12.0. The van der Waals surface area contributed by atoms with Crippen LogP contribution in [0.3, 0.4) is 0 Å². The van der Waals surface area contributed by atoms with Crippen LogP contribution in [0.4, 0.5) is 4.79 Å². The van der Waals surface area contributed by atoms with E-state index in [1.807, 2.05) is 19.1 Å². The maximum absolute atomic E-state index is 11.8. The van der Waals surface area contributed by atoms with Crippen LogP contribution in [-0.4, -0.2) is 24.7 Å². The van der Waals surface area contributed by atoms with E-state index in [0.717, 1.165) is 15.4 Å². The largest absolute Gasteiger partial charge is 0.375 e. The first-order chi connectivity index (χ1) is 10.6. The van der Waals surface area contributed by atoms with Crippen molar-refractivity contribution in [2.45, 2.75) is 19.6 Å². The van der Waals surface area contributed by atoms with Crippen molar-refractivity contribution in [2.24, 2.45) is 0 Å². The molecule has 0 saturated heterocycles. The van der Waals surface area contributed by atoms with E-state index in [1.54, 1.807) is 36.8 Å². The second-order valence-electron chi connectivity index (χ2n) is 4.69. The van der Waals surface area contributed by atoms with Gasteiger partial charge in [0.1, 0.15) is 0 Å². The van der Waals surface area contributed by atoms with Crippen LogP contribution in [0, 0.1) is 6.92 Å². The molecule has 118 valence electrons. The lowest BCUT2D eigenvalue weighted by Gasteiger charge is -2.16. The van der Waals surface area contributed by atoms with Gasteiger partial charge in [-0.25, -0.2) is 9.78 Å². The van der Waals surface area contributed by atoms with E-state index in [2.05, 4.69) is 15.6 Å². The molecule has 7 heteroatoms. The molecule has 1 atom stereocenters. The molecule has 0 unspecified atom stereocenters. The number of nitrogens with one attached hydrogen (secondary N) is 2. The Kier molecular flexibility index (Phi) is 6.18.